The highest BCUT2D eigenvalue weighted by molar-refractivity contribution is 5.82. The number of benzene rings is 1. The highest BCUT2D eigenvalue weighted by Crippen LogP contribution is 2.41. The summed E-state index contributed by atoms with van der Waals surface area (Å²) in [6.45, 7) is 3.60. The van der Waals surface area contributed by atoms with E-state index in [0.29, 0.717) is 24.1 Å². The van der Waals surface area contributed by atoms with Crippen LogP contribution in [0.25, 0.3) is 11.0 Å². The van der Waals surface area contributed by atoms with Crippen molar-refractivity contribution in [3.05, 3.63) is 35.7 Å². The Labute approximate surface area is 151 Å². The summed E-state index contributed by atoms with van der Waals surface area (Å²) < 4.78 is 45.0. The van der Waals surface area contributed by atoms with Gasteiger partial charge in [-0.25, -0.2) is 0 Å². The Kier molecular flexibility index (Phi) is 5.77. The van der Waals surface area contributed by atoms with Crippen molar-refractivity contribution >= 4 is 11.0 Å². The van der Waals surface area contributed by atoms with Crippen LogP contribution in [0.2, 0.25) is 0 Å². The van der Waals surface area contributed by atoms with E-state index in [9.17, 15) is 13.2 Å². The number of rotatable bonds is 5. The lowest BCUT2D eigenvalue weighted by molar-refractivity contribution is -0.136. The van der Waals surface area contributed by atoms with Crippen LogP contribution in [0.15, 0.2) is 24.5 Å². The van der Waals surface area contributed by atoms with Gasteiger partial charge in [-0.15, -0.1) is 0 Å². The van der Waals surface area contributed by atoms with Crippen LogP contribution in [0, 0.1) is 5.92 Å². The van der Waals surface area contributed by atoms with Gasteiger partial charge in [0, 0.05) is 32.1 Å². The molecular formula is C19H24F3N3O. The molecule has 1 aromatic heterocycles. The highest BCUT2D eigenvalue weighted by atomic mass is 19.4. The molecule has 3 atom stereocenters. The van der Waals surface area contributed by atoms with Crippen LogP contribution in [0.5, 0.6) is 0 Å². The normalized spacial score (nSPS) is 24.1. The average Bonchev–Trinajstić information content (AvgIpc) is 2.59. The summed E-state index contributed by atoms with van der Waals surface area (Å²) in [7, 11) is 1.67. The van der Waals surface area contributed by atoms with Crippen molar-refractivity contribution in [2.75, 3.05) is 20.3 Å². The third kappa shape index (κ3) is 4.15. The Bertz CT molecular complexity index is 750. The molecule has 1 aliphatic carbocycles. The van der Waals surface area contributed by atoms with Crippen LogP contribution in [-0.2, 0) is 10.9 Å². The number of halogens is 3. The first-order valence-corrected chi connectivity index (χ1v) is 8.93. The van der Waals surface area contributed by atoms with E-state index in [1.807, 2.05) is 0 Å². The molecule has 0 aliphatic heterocycles. The number of hydrogen-bond acceptors (Lipinski definition) is 4. The second-order valence-corrected chi connectivity index (χ2v) is 7.11. The van der Waals surface area contributed by atoms with Crippen molar-refractivity contribution in [2.24, 2.45) is 5.92 Å². The molecule has 4 nitrogen and oxygen atoms in total. The van der Waals surface area contributed by atoms with Gasteiger partial charge >= 0.3 is 6.18 Å². The molecule has 1 aromatic carbocycles. The predicted molar refractivity (Wildman–Crippen MR) is 94.0 cm³/mol. The van der Waals surface area contributed by atoms with Crippen molar-refractivity contribution < 1.29 is 17.9 Å². The Hall–Kier alpha value is -1.73. The summed E-state index contributed by atoms with van der Waals surface area (Å²) in [5.74, 6) is 0.656. The molecular weight excluding hydrogens is 343 g/mol. The maximum atomic E-state index is 13.3. The van der Waals surface area contributed by atoms with Gasteiger partial charge in [0.1, 0.15) is 5.52 Å². The molecule has 1 aliphatic rings. The van der Waals surface area contributed by atoms with E-state index >= 15 is 0 Å². The molecule has 3 rings (SSSR count). The maximum Gasteiger partial charge on any atom is 0.418 e. The summed E-state index contributed by atoms with van der Waals surface area (Å²) in [6, 6.07) is 3.07. The smallest absolute Gasteiger partial charge is 0.383 e. The van der Waals surface area contributed by atoms with Gasteiger partial charge in [-0.1, -0.05) is 13.0 Å². The second kappa shape index (κ2) is 7.88. The van der Waals surface area contributed by atoms with Crippen LogP contribution >= 0.6 is 0 Å². The van der Waals surface area contributed by atoms with Gasteiger partial charge < -0.3 is 10.1 Å². The summed E-state index contributed by atoms with van der Waals surface area (Å²) in [4.78, 5) is 8.24. The molecule has 7 heteroatoms. The van der Waals surface area contributed by atoms with Crippen molar-refractivity contribution in [1.29, 1.82) is 0 Å². The van der Waals surface area contributed by atoms with E-state index in [2.05, 4.69) is 22.2 Å². The minimum atomic E-state index is -4.43. The zero-order valence-corrected chi connectivity index (χ0v) is 15.0. The van der Waals surface area contributed by atoms with Crippen molar-refractivity contribution in [3.63, 3.8) is 0 Å². The largest absolute Gasteiger partial charge is 0.418 e. The van der Waals surface area contributed by atoms with Crippen molar-refractivity contribution in [1.82, 2.24) is 15.3 Å². The molecule has 0 spiro atoms. The number of nitrogens with zero attached hydrogens (tertiary/aromatic N) is 2. The zero-order chi connectivity index (χ0) is 18.7. The van der Waals surface area contributed by atoms with Gasteiger partial charge in [-0.05, 0) is 42.7 Å². The van der Waals surface area contributed by atoms with Gasteiger partial charge in [0.15, 0.2) is 0 Å². The number of aromatic nitrogens is 2. The molecule has 142 valence electrons. The number of ether oxygens (including phenoxy) is 1. The summed E-state index contributed by atoms with van der Waals surface area (Å²) >= 11 is 0. The minimum absolute atomic E-state index is 0.0559. The van der Waals surface area contributed by atoms with Crippen molar-refractivity contribution in [3.8, 4) is 0 Å². The van der Waals surface area contributed by atoms with Gasteiger partial charge in [-0.3, -0.25) is 9.97 Å². The molecule has 3 unspecified atom stereocenters. The summed E-state index contributed by atoms with van der Waals surface area (Å²) in [6.07, 6.45) is 1.23. The molecule has 2 aromatic rings. The van der Waals surface area contributed by atoms with Gasteiger partial charge in [-0.2, -0.15) is 13.2 Å². The predicted octanol–water partition coefficient (Wildman–Crippen LogP) is 4.16. The minimum Gasteiger partial charge on any atom is -0.383 e. The van der Waals surface area contributed by atoms with Crippen LogP contribution in [0.3, 0.4) is 0 Å². The molecule has 1 saturated carbocycles. The topological polar surface area (TPSA) is 47.0 Å². The SMILES string of the molecule is COCCNC1CC(C)CC(c2ccc(C(F)(F)F)c3nccnc23)C1. The quantitative estimate of drug-likeness (QED) is 0.807. The Morgan fingerprint density at radius 2 is 1.85 bits per heavy atom. The molecule has 26 heavy (non-hydrogen) atoms. The van der Waals surface area contributed by atoms with E-state index in [4.69, 9.17) is 4.74 Å². The number of nitrogens with one attached hydrogen (secondary N) is 1. The van der Waals surface area contributed by atoms with Gasteiger partial charge in [0.05, 0.1) is 17.7 Å². The molecule has 0 saturated heterocycles. The molecule has 0 bridgehead atoms. The van der Waals surface area contributed by atoms with Crippen LogP contribution in [0.1, 0.15) is 43.2 Å². The lowest BCUT2D eigenvalue weighted by atomic mass is 9.75. The zero-order valence-electron chi connectivity index (χ0n) is 15.0. The molecule has 1 fully saturated rings. The second-order valence-electron chi connectivity index (χ2n) is 7.11. The van der Waals surface area contributed by atoms with Crippen LogP contribution in [-0.4, -0.2) is 36.3 Å². The van der Waals surface area contributed by atoms with Gasteiger partial charge in [0.2, 0.25) is 0 Å². The Balaban J connectivity index is 1.92. The Morgan fingerprint density at radius 1 is 1.12 bits per heavy atom. The van der Waals surface area contributed by atoms with E-state index in [1.54, 1.807) is 13.2 Å². The first-order chi connectivity index (χ1) is 12.4. The van der Waals surface area contributed by atoms with Crippen LogP contribution in [0.4, 0.5) is 13.2 Å². The molecule has 1 N–H and O–H groups in total. The maximum absolute atomic E-state index is 13.3. The monoisotopic (exact) mass is 367 g/mol. The van der Waals surface area contributed by atoms with Crippen LogP contribution < -0.4 is 5.32 Å². The number of hydrogen-bond donors (Lipinski definition) is 1. The lowest BCUT2D eigenvalue weighted by Crippen LogP contribution is -2.38. The summed E-state index contributed by atoms with van der Waals surface area (Å²) in [5, 5.41) is 3.50. The van der Waals surface area contributed by atoms with E-state index in [-0.39, 0.29) is 11.4 Å². The average molecular weight is 367 g/mol. The fraction of sp³-hybridized carbons (Fsp3) is 0.579. The Morgan fingerprint density at radius 3 is 2.54 bits per heavy atom. The number of fused-ring (bicyclic) bond motifs is 1. The molecule has 1 heterocycles. The summed E-state index contributed by atoms with van der Waals surface area (Å²) in [5.41, 5.74) is 0.464. The third-order valence-corrected chi connectivity index (χ3v) is 5.08. The first kappa shape index (κ1) is 19.0. The molecule has 0 amide bonds. The third-order valence-electron chi connectivity index (χ3n) is 5.08. The lowest BCUT2D eigenvalue weighted by Gasteiger charge is -2.34. The number of methoxy groups -OCH3 is 1. The highest BCUT2D eigenvalue weighted by Gasteiger charge is 2.35. The van der Waals surface area contributed by atoms with E-state index in [1.165, 1.54) is 12.4 Å². The van der Waals surface area contributed by atoms with E-state index < -0.39 is 11.7 Å². The number of alkyl halides is 3. The van der Waals surface area contributed by atoms with Crippen molar-refractivity contribution in [2.45, 2.75) is 44.3 Å². The first-order valence-electron chi connectivity index (χ1n) is 8.93. The van der Waals surface area contributed by atoms with E-state index in [0.717, 1.165) is 37.4 Å². The fourth-order valence-corrected chi connectivity index (χ4v) is 4.02. The fourth-order valence-electron chi connectivity index (χ4n) is 4.02. The molecule has 0 radical (unpaired) electrons. The standard InChI is InChI=1S/C19H24F3N3O/c1-12-9-13(11-14(10-12)23-7-8-26-2)15-3-4-16(19(20,21)22)18-17(15)24-5-6-25-18/h3-6,12-14,23H,7-11H2,1-2H3. The van der Waals surface area contributed by atoms with Gasteiger partial charge in [0.25, 0.3) is 0 Å².